The zero-order valence-corrected chi connectivity index (χ0v) is 23.5. The zero-order valence-electron chi connectivity index (χ0n) is 22.6. The van der Waals surface area contributed by atoms with Gasteiger partial charge in [0.05, 0.1) is 25.6 Å². The Bertz CT molecular complexity index is 1580. The number of nitrogen functional groups attached to an aromatic ring is 2. The third-order valence-corrected chi connectivity index (χ3v) is 7.79. The van der Waals surface area contributed by atoms with Crippen LogP contribution >= 0.6 is 7.82 Å². The number of hydrogen-bond acceptors (Lipinski definition) is 16. The summed E-state index contributed by atoms with van der Waals surface area (Å²) in [5.41, 5.74) is 10.1. The number of rotatable bonds is 11. The van der Waals surface area contributed by atoms with Gasteiger partial charge in [0, 0.05) is 27.8 Å². The van der Waals surface area contributed by atoms with Crippen molar-refractivity contribution >= 4 is 30.9 Å². The minimum Gasteiger partial charge on any atom is -0.382 e. The summed E-state index contributed by atoms with van der Waals surface area (Å²) in [6.07, 6.45) is -3.71. The number of methoxy groups -OCH3 is 3. The molecule has 3 aromatic heterocycles. The number of nitrogens with two attached hydrogens (primary N) is 2. The van der Waals surface area contributed by atoms with Gasteiger partial charge in [0.25, 0.3) is 5.56 Å². The molecule has 2 fully saturated rings. The number of aromatic nitrogens is 7. The molecule has 2 saturated heterocycles. The minimum atomic E-state index is -4.80. The lowest BCUT2D eigenvalue weighted by Gasteiger charge is -2.26. The fourth-order valence-corrected chi connectivity index (χ4v) is 5.87. The van der Waals surface area contributed by atoms with E-state index in [-0.39, 0.29) is 36.1 Å². The Balaban J connectivity index is 1.29. The molecule has 2 unspecified atom stereocenters. The van der Waals surface area contributed by atoms with Gasteiger partial charge in [-0.05, 0) is 0 Å². The van der Waals surface area contributed by atoms with E-state index in [2.05, 4.69) is 24.9 Å². The fourth-order valence-electron chi connectivity index (χ4n) is 4.91. The van der Waals surface area contributed by atoms with Crippen molar-refractivity contribution in [2.45, 2.75) is 49.4 Å². The predicted octanol–water partition coefficient (Wildman–Crippen LogP) is -1.70. The fraction of sp³-hybridized carbons (Fsp3) is 0.619. The molecule has 2 aliphatic rings. The minimum absolute atomic E-state index is 0.0675. The Morgan fingerprint density at radius 3 is 2.50 bits per heavy atom. The highest BCUT2D eigenvalue weighted by molar-refractivity contribution is 7.47. The first-order valence-corrected chi connectivity index (χ1v) is 14.0. The molecule has 5 heterocycles. The highest BCUT2D eigenvalue weighted by atomic mass is 31.2. The molecule has 5 rings (SSSR count). The van der Waals surface area contributed by atoms with Gasteiger partial charge >= 0.3 is 13.5 Å². The summed E-state index contributed by atoms with van der Waals surface area (Å²) < 4.78 is 54.5. The monoisotopic (exact) mass is 615 g/mol. The number of phosphoric acid groups is 1. The zero-order chi connectivity index (χ0) is 30.2. The largest absolute Gasteiger partial charge is 0.472 e. The van der Waals surface area contributed by atoms with E-state index in [1.54, 1.807) is 0 Å². The summed E-state index contributed by atoms with van der Waals surface area (Å²) >= 11 is 0. The molecule has 42 heavy (non-hydrogen) atoms. The topological polar surface area (TPSA) is 265 Å². The molecule has 20 nitrogen and oxygen atoms in total. The van der Waals surface area contributed by atoms with Crippen LogP contribution in [0.4, 0.5) is 11.9 Å². The van der Waals surface area contributed by atoms with Crippen LogP contribution in [0.2, 0.25) is 0 Å². The van der Waals surface area contributed by atoms with Gasteiger partial charge in [0.15, 0.2) is 17.4 Å². The molecule has 0 spiro atoms. The van der Waals surface area contributed by atoms with E-state index in [4.69, 9.17) is 44.2 Å². The molecule has 8 atom stereocenters. The van der Waals surface area contributed by atoms with Crippen LogP contribution in [0.3, 0.4) is 0 Å². The van der Waals surface area contributed by atoms with Gasteiger partial charge in [-0.1, -0.05) is 0 Å². The standard InChI is InChI=1S/C21H30N9O11P/c1-35-5-11-14(15(37-3)18(40-11)30-8-25-19(22)28-21(30)32)41-42(33,34)38-6-10-9(36-2)4-12(39-10)29-7-24-13-16(29)26-20(23)27-17(13)31/h7-12,14-15,18H,4-6H2,1-3H3,(H,33,34)(H2,22,28,32)(H3,23,26,27,31)/t9-,10-,11-,12-,14?,15+,18-/m1/s1. The molecule has 21 heteroatoms. The van der Waals surface area contributed by atoms with Crippen molar-refractivity contribution in [2.24, 2.45) is 0 Å². The maximum Gasteiger partial charge on any atom is 0.472 e. The maximum atomic E-state index is 13.1. The Labute approximate surface area is 236 Å². The normalized spacial score (nSPS) is 29.3. The van der Waals surface area contributed by atoms with Crippen molar-refractivity contribution in [1.29, 1.82) is 0 Å². The van der Waals surface area contributed by atoms with Crippen molar-refractivity contribution in [3.05, 3.63) is 33.5 Å². The van der Waals surface area contributed by atoms with Gasteiger partial charge in [0.2, 0.25) is 11.9 Å². The average molecular weight is 615 g/mol. The highest BCUT2D eigenvalue weighted by Crippen LogP contribution is 2.49. The lowest BCUT2D eigenvalue weighted by atomic mass is 10.1. The average Bonchev–Trinajstić information content (AvgIpc) is 3.63. The molecular weight excluding hydrogens is 585 g/mol. The first-order valence-electron chi connectivity index (χ1n) is 12.5. The van der Waals surface area contributed by atoms with Crippen LogP contribution in [-0.2, 0) is 37.3 Å². The summed E-state index contributed by atoms with van der Waals surface area (Å²) in [6, 6.07) is 0. The van der Waals surface area contributed by atoms with Gasteiger partial charge in [-0.2, -0.15) is 9.97 Å². The van der Waals surface area contributed by atoms with E-state index in [0.29, 0.717) is 0 Å². The van der Waals surface area contributed by atoms with Crippen molar-refractivity contribution in [2.75, 3.05) is 46.0 Å². The van der Waals surface area contributed by atoms with Crippen LogP contribution in [0, 0.1) is 0 Å². The van der Waals surface area contributed by atoms with Gasteiger partial charge in [-0.15, -0.1) is 0 Å². The smallest absolute Gasteiger partial charge is 0.382 e. The predicted molar refractivity (Wildman–Crippen MR) is 140 cm³/mol. The number of imidazole rings is 1. The molecular formula is C21H30N9O11P. The molecule has 0 radical (unpaired) electrons. The first-order chi connectivity index (χ1) is 20.0. The number of phosphoric ester groups is 1. The Morgan fingerprint density at radius 1 is 1.05 bits per heavy atom. The van der Waals surface area contributed by atoms with Crippen LogP contribution in [0.25, 0.3) is 11.2 Å². The summed E-state index contributed by atoms with van der Waals surface area (Å²) in [4.78, 5) is 53.2. The Kier molecular flexibility index (Phi) is 8.69. The van der Waals surface area contributed by atoms with E-state index in [0.717, 1.165) is 10.9 Å². The number of hydrogen-bond donors (Lipinski definition) is 4. The summed E-state index contributed by atoms with van der Waals surface area (Å²) in [5, 5.41) is 0. The molecule has 0 aromatic carbocycles. The highest BCUT2D eigenvalue weighted by Gasteiger charge is 2.51. The quantitative estimate of drug-likeness (QED) is 0.175. The van der Waals surface area contributed by atoms with Crippen LogP contribution < -0.4 is 22.7 Å². The number of fused-ring (bicyclic) bond motifs is 1. The molecule has 3 aromatic rings. The lowest BCUT2D eigenvalue weighted by Crippen LogP contribution is -2.39. The van der Waals surface area contributed by atoms with Crippen molar-refractivity contribution in [1.82, 2.24) is 34.1 Å². The second-order valence-electron chi connectivity index (χ2n) is 9.37. The number of anilines is 2. The number of aromatic amines is 1. The SMILES string of the molecule is COC[C@H]1O[C@@H](n2cnc(N)nc2=O)[C@@H](OC)C1OP(=O)(O)OC[C@H]1O[C@@H](n2cnc3c(=O)[nH]c(N)nc32)C[C@H]1OC. The molecule has 0 aliphatic carbocycles. The van der Waals surface area contributed by atoms with Gasteiger partial charge in [0.1, 0.15) is 37.0 Å². The van der Waals surface area contributed by atoms with Crippen LogP contribution in [0.1, 0.15) is 18.9 Å². The second-order valence-corrected chi connectivity index (χ2v) is 10.8. The number of H-pyrrole nitrogens is 1. The third-order valence-electron chi connectivity index (χ3n) is 6.81. The number of nitrogens with zero attached hydrogens (tertiary/aromatic N) is 6. The molecule has 230 valence electrons. The van der Waals surface area contributed by atoms with Gasteiger partial charge in [-0.3, -0.25) is 28.0 Å². The van der Waals surface area contributed by atoms with Gasteiger partial charge in [-0.25, -0.2) is 19.3 Å². The molecule has 2 aliphatic heterocycles. The van der Waals surface area contributed by atoms with E-state index in [1.807, 2.05) is 0 Å². The Hall–Kier alpha value is -3.33. The molecule has 0 bridgehead atoms. The maximum absolute atomic E-state index is 13.1. The van der Waals surface area contributed by atoms with Crippen molar-refractivity contribution < 1.29 is 42.2 Å². The third kappa shape index (κ3) is 5.93. The summed E-state index contributed by atoms with van der Waals surface area (Å²) in [5.74, 6) is -0.333. The van der Waals surface area contributed by atoms with Crippen LogP contribution in [0.15, 0.2) is 22.2 Å². The van der Waals surface area contributed by atoms with Crippen molar-refractivity contribution in [3.63, 3.8) is 0 Å². The molecule has 0 amide bonds. The Morgan fingerprint density at radius 2 is 1.81 bits per heavy atom. The first kappa shape index (κ1) is 30.1. The number of ether oxygens (including phenoxy) is 5. The summed E-state index contributed by atoms with van der Waals surface area (Å²) in [7, 11) is -0.644. The van der Waals surface area contributed by atoms with E-state index in [9.17, 15) is 19.0 Å². The molecule has 6 N–H and O–H groups in total. The van der Waals surface area contributed by atoms with Crippen molar-refractivity contribution in [3.8, 4) is 0 Å². The summed E-state index contributed by atoms with van der Waals surface area (Å²) in [6.45, 7) is -0.495. The van der Waals surface area contributed by atoms with Crippen LogP contribution in [-0.4, -0.2) is 104 Å². The second kappa shape index (κ2) is 12.1. The van der Waals surface area contributed by atoms with Gasteiger partial charge < -0.3 is 40.0 Å². The lowest BCUT2D eigenvalue weighted by molar-refractivity contribution is -0.0677. The van der Waals surface area contributed by atoms with E-state index in [1.165, 1.54) is 32.2 Å². The van der Waals surface area contributed by atoms with Crippen LogP contribution in [0.5, 0.6) is 0 Å². The van der Waals surface area contributed by atoms with E-state index < -0.39 is 68.7 Å². The molecule has 0 saturated carbocycles. The number of nitrogens with one attached hydrogen (secondary N) is 1. The van der Waals surface area contributed by atoms with E-state index >= 15 is 0 Å².